The summed E-state index contributed by atoms with van der Waals surface area (Å²) in [5.74, 6) is -2.67. The van der Waals surface area contributed by atoms with Crippen LogP contribution in [-0.2, 0) is 0 Å². The van der Waals surface area contributed by atoms with Crippen LogP contribution in [0.15, 0.2) is 17.2 Å². The van der Waals surface area contributed by atoms with E-state index in [9.17, 15) is 25.2 Å². The normalized spacial score (nSPS) is 13.3. The van der Waals surface area contributed by atoms with Crippen LogP contribution in [0, 0.1) is 0 Å². The van der Waals surface area contributed by atoms with Gasteiger partial charge in [0.1, 0.15) is 17.6 Å². The van der Waals surface area contributed by atoms with E-state index in [-0.39, 0.29) is 24.1 Å². The molecule has 1 rings (SSSR count). The van der Waals surface area contributed by atoms with E-state index in [4.69, 9.17) is 10.6 Å². The molecule has 0 aliphatic heterocycles. The third kappa shape index (κ3) is 3.51. The number of carboxylic acids is 1. The molecule has 2 atom stereocenters. The number of azide groups is 1. The molecule has 0 heterocycles. The molecule has 0 aliphatic carbocycles. The molecule has 5 N–H and O–H groups in total. The molecule has 1 aromatic rings. The molecule has 0 saturated carbocycles. The van der Waals surface area contributed by atoms with Gasteiger partial charge in [-0.3, -0.25) is 0 Å². The largest absolute Gasteiger partial charge is 0.507 e. The van der Waals surface area contributed by atoms with E-state index in [1.165, 1.54) is 0 Å². The SMILES string of the molecule is [N-]=[N+]=NCCC(O)C(O)c1c(O)cc(C(=O)O)cc1O. The van der Waals surface area contributed by atoms with Crippen molar-refractivity contribution < 1.29 is 30.3 Å². The minimum atomic E-state index is -1.65. The maximum atomic E-state index is 10.7. The van der Waals surface area contributed by atoms with Crippen LogP contribution in [0.3, 0.4) is 0 Å². The zero-order valence-electron chi connectivity index (χ0n) is 10.2. The highest BCUT2D eigenvalue weighted by atomic mass is 16.4. The number of phenols is 2. The monoisotopic (exact) mass is 283 g/mol. The van der Waals surface area contributed by atoms with Crippen LogP contribution in [0.4, 0.5) is 0 Å². The van der Waals surface area contributed by atoms with Gasteiger partial charge in [-0.05, 0) is 24.1 Å². The Morgan fingerprint density at radius 3 is 2.30 bits per heavy atom. The molecule has 0 spiro atoms. The van der Waals surface area contributed by atoms with Gasteiger partial charge in [-0.15, -0.1) is 0 Å². The van der Waals surface area contributed by atoms with Crippen molar-refractivity contribution in [2.45, 2.75) is 18.6 Å². The van der Waals surface area contributed by atoms with Crippen molar-refractivity contribution >= 4 is 5.97 Å². The Morgan fingerprint density at radius 2 is 1.85 bits per heavy atom. The topological polar surface area (TPSA) is 167 Å². The van der Waals surface area contributed by atoms with Crippen LogP contribution >= 0.6 is 0 Å². The summed E-state index contributed by atoms with van der Waals surface area (Å²) < 4.78 is 0. The van der Waals surface area contributed by atoms with Gasteiger partial charge in [0.05, 0.1) is 17.2 Å². The Hall–Kier alpha value is -2.48. The first-order valence-corrected chi connectivity index (χ1v) is 5.54. The van der Waals surface area contributed by atoms with Crippen molar-refractivity contribution in [1.29, 1.82) is 0 Å². The molecule has 0 aliphatic rings. The lowest BCUT2D eigenvalue weighted by Gasteiger charge is -2.19. The van der Waals surface area contributed by atoms with Crippen molar-refractivity contribution in [3.05, 3.63) is 33.7 Å². The molecule has 0 bridgehead atoms. The second-order valence-electron chi connectivity index (χ2n) is 3.99. The van der Waals surface area contributed by atoms with E-state index >= 15 is 0 Å². The molecule has 0 saturated heterocycles. The van der Waals surface area contributed by atoms with Crippen molar-refractivity contribution in [2.75, 3.05) is 6.54 Å². The number of benzene rings is 1. The zero-order chi connectivity index (χ0) is 15.3. The van der Waals surface area contributed by atoms with Gasteiger partial charge in [0, 0.05) is 11.5 Å². The third-order valence-corrected chi connectivity index (χ3v) is 2.63. The van der Waals surface area contributed by atoms with Crippen molar-refractivity contribution in [2.24, 2.45) is 5.11 Å². The molecule has 0 aromatic heterocycles. The highest BCUT2D eigenvalue weighted by molar-refractivity contribution is 5.89. The molecule has 9 nitrogen and oxygen atoms in total. The highest BCUT2D eigenvalue weighted by Gasteiger charge is 2.25. The number of carbonyl (C=O) groups is 1. The van der Waals surface area contributed by atoms with Crippen LogP contribution < -0.4 is 0 Å². The summed E-state index contributed by atoms with van der Waals surface area (Å²) in [5, 5.41) is 50.7. The van der Waals surface area contributed by atoms with Crippen molar-refractivity contribution in [3.8, 4) is 11.5 Å². The first-order valence-electron chi connectivity index (χ1n) is 5.54. The number of hydrogen-bond acceptors (Lipinski definition) is 6. The minimum absolute atomic E-state index is 0.0799. The fourth-order valence-electron chi connectivity index (χ4n) is 1.63. The number of phenolic OH excluding ortho intramolecular Hbond substituents is 2. The molecular weight excluding hydrogens is 270 g/mol. The van der Waals surface area contributed by atoms with Crippen LogP contribution in [0.2, 0.25) is 0 Å². The Kier molecular flexibility index (Phi) is 5.15. The van der Waals surface area contributed by atoms with Gasteiger partial charge in [-0.2, -0.15) is 0 Å². The van der Waals surface area contributed by atoms with Gasteiger partial charge in [0.25, 0.3) is 0 Å². The lowest BCUT2D eigenvalue weighted by molar-refractivity contribution is 0.0123. The van der Waals surface area contributed by atoms with Gasteiger partial charge in [0.2, 0.25) is 0 Å². The Bertz CT molecular complexity index is 532. The summed E-state index contributed by atoms with van der Waals surface area (Å²) in [6.07, 6.45) is -3.13. The molecule has 0 amide bonds. The maximum Gasteiger partial charge on any atom is 0.335 e. The standard InChI is InChI=1S/C11H13N3O6/c12-14-13-2-1-6(15)10(18)9-7(16)3-5(11(19)20)4-8(9)17/h3-4,6,10,15-18H,1-2H2,(H,19,20). The van der Waals surface area contributed by atoms with Crippen LogP contribution in [0.1, 0.15) is 28.4 Å². The van der Waals surface area contributed by atoms with Crippen molar-refractivity contribution in [1.82, 2.24) is 0 Å². The molecule has 1 aromatic carbocycles. The van der Waals surface area contributed by atoms with Crippen molar-refractivity contribution in [3.63, 3.8) is 0 Å². The second-order valence-corrected chi connectivity index (χ2v) is 3.99. The molecule has 9 heteroatoms. The van der Waals surface area contributed by atoms with Gasteiger partial charge >= 0.3 is 5.97 Å². The minimum Gasteiger partial charge on any atom is -0.507 e. The summed E-state index contributed by atoms with van der Waals surface area (Å²) in [5.41, 5.74) is 7.34. The molecule has 108 valence electrons. The predicted molar refractivity (Wildman–Crippen MR) is 66.3 cm³/mol. The average Bonchev–Trinajstić information content (AvgIpc) is 2.37. The summed E-state index contributed by atoms with van der Waals surface area (Å²) in [6, 6.07) is 1.70. The van der Waals surface area contributed by atoms with E-state index in [2.05, 4.69) is 10.0 Å². The zero-order valence-corrected chi connectivity index (χ0v) is 10.2. The highest BCUT2D eigenvalue weighted by Crippen LogP contribution is 2.36. The van der Waals surface area contributed by atoms with Crippen LogP contribution in [0.5, 0.6) is 11.5 Å². The lowest BCUT2D eigenvalue weighted by atomic mass is 9.98. The molecule has 2 unspecified atom stereocenters. The smallest absolute Gasteiger partial charge is 0.335 e. The van der Waals surface area contributed by atoms with Gasteiger partial charge < -0.3 is 25.5 Å². The number of carboxylic acid groups (broad SMARTS) is 1. The second kappa shape index (κ2) is 6.62. The van der Waals surface area contributed by atoms with E-state index in [1.54, 1.807) is 0 Å². The van der Waals surface area contributed by atoms with Gasteiger partial charge in [-0.25, -0.2) is 4.79 Å². The third-order valence-electron chi connectivity index (χ3n) is 2.63. The predicted octanol–water partition coefficient (Wildman–Crippen LogP) is 0.891. The first kappa shape index (κ1) is 15.6. The van der Waals surface area contributed by atoms with Gasteiger partial charge in [-0.1, -0.05) is 5.11 Å². The maximum absolute atomic E-state index is 10.7. The fourth-order valence-corrected chi connectivity index (χ4v) is 1.63. The number of nitrogens with zero attached hydrogens (tertiary/aromatic N) is 3. The van der Waals surface area contributed by atoms with Crippen LogP contribution in [0.25, 0.3) is 10.4 Å². The fraction of sp³-hybridized carbons (Fsp3) is 0.364. The molecular formula is C11H13N3O6. The Balaban J connectivity index is 3.00. The Labute approximate surface area is 113 Å². The van der Waals surface area contributed by atoms with E-state index in [1.807, 2.05) is 0 Å². The summed E-state index contributed by atoms with van der Waals surface area (Å²) >= 11 is 0. The lowest BCUT2D eigenvalue weighted by Crippen LogP contribution is -2.19. The summed E-state index contributed by atoms with van der Waals surface area (Å²) in [6.45, 7) is -0.0799. The number of hydrogen-bond donors (Lipinski definition) is 5. The summed E-state index contributed by atoms with van der Waals surface area (Å²) in [4.78, 5) is 13.2. The quantitative estimate of drug-likeness (QED) is 0.295. The van der Waals surface area contributed by atoms with E-state index in [0.29, 0.717) is 0 Å². The first-order chi connectivity index (χ1) is 9.38. The molecule has 20 heavy (non-hydrogen) atoms. The van der Waals surface area contributed by atoms with Crippen LogP contribution in [-0.4, -0.2) is 44.2 Å². The molecule has 0 fully saturated rings. The van der Waals surface area contributed by atoms with E-state index in [0.717, 1.165) is 12.1 Å². The number of aromatic hydroxyl groups is 2. The summed E-state index contributed by atoms with van der Waals surface area (Å²) in [7, 11) is 0. The Morgan fingerprint density at radius 1 is 1.30 bits per heavy atom. The number of aliphatic hydroxyl groups excluding tert-OH is 2. The van der Waals surface area contributed by atoms with Gasteiger partial charge in [0.15, 0.2) is 0 Å². The average molecular weight is 283 g/mol. The molecule has 0 radical (unpaired) electrons. The number of aliphatic hydroxyl groups is 2. The number of aromatic carboxylic acids is 1. The number of rotatable bonds is 6. The van der Waals surface area contributed by atoms with E-state index < -0.39 is 29.7 Å².